The van der Waals surface area contributed by atoms with Gasteiger partial charge in [0.15, 0.2) is 12.2 Å². The molecular formula is C6H11O8+. The first-order chi connectivity index (χ1) is 6.29. The van der Waals surface area contributed by atoms with E-state index in [0.717, 1.165) is 0 Å². The highest BCUT2D eigenvalue weighted by molar-refractivity contribution is 5.75. The van der Waals surface area contributed by atoms with E-state index < -0.39 is 36.4 Å². The van der Waals surface area contributed by atoms with E-state index in [9.17, 15) is 9.59 Å². The Balaban J connectivity index is 0. The van der Waals surface area contributed by atoms with Gasteiger partial charge in [-0.15, -0.1) is 0 Å². The average Bonchev–Trinajstić information content (AvgIpc) is 2.12. The maximum Gasteiger partial charge on any atom is 1.00 e. The van der Waals surface area contributed by atoms with Gasteiger partial charge in [-0.2, -0.15) is 0 Å². The molecule has 0 heterocycles. The van der Waals surface area contributed by atoms with Gasteiger partial charge in [-0.05, 0) is 0 Å². The molecule has 0 aromatic rings. The zero-order valence-electron chi connectivity index (χ0n) is 7.81. The van der Waals surface area contributed by atoms with Crippen molar-refractivity contribution < 1.29 is 41.7 Å². The summed E-state index contributed by atoms with van der Waals surface area (Å²) in [4.78, 5) is 20.2. The molecule has 0 amide bonds. The monoisotopic (exact) mass is 211 g/mol. The SMILES string of the molecule is O=C(O)[C@@H](O)[C@@H](O)[C@H](O)[C@@H](O)C(=O)O.[H+]. The summed E-state index contributed by atoms with van der Waals surface area (Å²) < 4.78 is 0. The third-order valence-electron chi connectivity index (χ3n) is 1.50. The van der Waals surface area contributed by atoms with Gasteiger partial charge in [0.25, 0.3) is 0 Å². The van der Waals surface area contributed by atoms with E-state index >= 15 is 0 Å². The average molecular weight is 211 g/mol. The number of hydrogen-bond acceptors (Lipinski definition) is 6. The van der Waals surface area contributed by atoms with Crippen molar-refractivity contribution in [3.8, 4) is 0 Å². The molecule has 0 unspecified atom stereocenters. The van der Waals surface area contributed by atoms with Crippen molar-refractivity contribution in [2.45, 2.75) is 24.4 Å². The van der Waals surface area contributed by atoms with Crippen LogP contribution in [0.5, 0.6) is 0 Å². The quantitative estimate of drug-likeness (QED) is 0.276. The minimum absolute atomic E-state index is 0. The molecule has 0 rings (SSSR count). The summed E-state index contributed by atoms with van der Waals surface area (Å²) in [5.74, 6) is -3.68. The Morgan fingerprint density at radius 2 is 1.00 bits per heavy atom. The molecule has 0 aromatic heterocycles. The van der Waals surface area contributed by atoms with Crippen LogP contribution in [-0.2, 0) is 9.59 Å². The van der Waals surface area contributed by atoms with Crippen molar-refractivity contribution in [1.29, 1.82) is 0 Å². The molecule has 0 aliphatic rings. The van der Waals surface area contributed by atoms with Crippen molar-refractivity contribution in [3.63, 3.8) is 0 Å². The smallest absolute Gasteiger partial charge is 0.479 e. The van der Waals surface area contributed by atoms with Crippen LogP contribution in [0.1, 0.15) is 1.43 Å². The van der Waals surface area contributed by atoms with Crippen molar-refractivity contribution in [1.82, 2.24) is 0 Å². The van der Waals surface area contributed by atoms with Crippen LogP contribution in [0.15, 0.2) is 0 Å². The van der Waals surface area contributed by atoms with Gasteiger partial charge in [-0.25, -0.2) is 9.59 Å². The molecule has 4 atom stereocenters. The van der Waals surface area contributed by atoms with Crippen LogP contribution in [0.2, 0.25) is 0 Å². The molecule has 0 saturated heterocycles. The second kappa shape index (κ2) is 4.86. The number of carbonyl (C=O) groups is 2. The molecule has 0 fully saturated rings. The lowest BCUT2D eigenvalue weighted by Gasteiger charge is -2.21. The van der Waals surface area contributed by atoms with Gasteiger partial charge in [-0.1, -0.05) is 0 Å². The molecule has 82 valence electrons. The molecule has 0 spiro atoms. The summed E-state index contributed by atoms with van der Waals surface area (Å²) in [7, 11) is 0. The van der Waals surface area contributed by atoms with E-state index in [2.05, 4.69) is 0 Å². The zero-order valence-corrected chi connectivity index (χ0v) is 6.81. The van der Waals surface area contributed by atoms with Crippen LogP contribution in [0.3, 0.4) is 0 Å². The summed E-state index contributed by atoms with van der Waals surface area (Å²) in [5.41, 5.74) is 0. The Kier molecular flexibility index (Phi) is 4.44. The fraction of sp³-hybridized carbons (Fsp3) is 0.667. The second-order valence-corrected chi connectivity index (χ2v) is 2.55. The van der Waals surface area contributed by atoms with Gasteiger partial charge >= 0.3 is 13.4 Å². The third-order valence-corrected chi connectivity index (χ3v) is 1.50. The Bertz CT molecular complexity index is 207. The van der Waals surface area contributed by atoms with Gasteiger partial charge in [-0.3, -0.25) is 0 Å². The minimum atomic E-state index is -2.36. The van der Waals surface area contributed by atoms with Gasteiger partial charge in [0.05, 0.1) is 0 Å². The normalized spacial score (nSPS) is 19.4. The summed E-state index contributed by atoms with van der Waals surface area (Å²) in [5, 5.41) is 51.5. The lowest BCUT2D eigenvalue weighted by Crippen LogP contribution is -2.49. The molecule has 0 bridgehead atoms. The third kappa shape index (κ3) is 2.92. The summed E-state index contributed by atoms with van der Waals surface area (Å²) in [6.45, 7) is 0. The largest absolute Gasteiger partial charge is 1.00 e. The molecule has 0 saturated carbocycles. The van der Waals surface area contributed by atoms with Crippen LogP contribution in [0.4, 0.5) is 0 Å². The van der Waals surface area contributed by atoms with Gasteiger partial charge in [0.1, 0.15) is 12.2 Å². The van der Waals surface area contributed by atoms with E-state index in [1.54, 1.807) is 0 Å². The molecule has 8 heteroatoms. The fourth-order valence-corrected chi connectivity index (χ4v) is 0.666. The molecule has 0 radical (unpaired) electrons. The highest BCUT2D eigenvalue weighted by Crippen LogP contribution is 2.05. The minimum Gasteiger partial charge on any atom is -0.479 e. The molecule has 6 N–H and O–H groups in total. The maximum atomic E-state index is 10.1. The van der Waals surface area contributed by atoms with E-state index in [1.165, 1.54) is 0 Å². The summed E-state index contributed by atoms with van der Waals surface area (Å²) >= 11 is 0. The van der Waals surface area contributed by atoms with E-state index in [4.69, 9.17) is 30.6 Å². The number of carboxylic acids is 2. The number of aliphatic carboxylic acids is 2. The highest BCUT2D eigenvalue weighted by Gasteiger charge is 2.37. The van der Waals surface area contributed by atoms with Crippen molar-refractivity contribution >= 4 is 11.9 Å². The predicted octanol–water partition coefficient (Wildman–Crippen LogP) is -3.29. The van der Waals surface area contributed by atoms with E-state index in [1.807, 2.05) is 0 Å². The zero-order chi connectivity index (χ0) is 11.5. The molecular weight excluding hydrogens is 200 g/mol. The predicted molar refractivity (Wildman–Crippen MR) is 40.4 cm³/mol. The number of hydrogen-bond donors (Lipinski definition) is 6. The lowest BCUT2D eigenvalue weighted by molar-refractivity contribution is -0.172. The van der Waals surface area contributed by atoms with Crippen LogP contribution in [0, 0.1) is 0 Å². The van der Waals surface area contributed by atoms with E-state index in [0.29, 0.717) is 0 Å². The van der Waals surface area contributed by atoms with E-state index in [-0.39, 0.29) is 1.43 Å². The Labute approximate surface area is 79.1 Å². The Morgan fingerprint density at radius 1 is 0.786 bits per heavy atom. The first-order valence-corrected chi connectivity index (χ1v) is 3.47. The van der Waals surface area contributed by atoms with Gasteiger partial charge in [0.2, 0.25) is 0 Å². The van der Waals surface area contributed by atoms with Gasteiger partial charge < -0.3 is 30.6 Å². The second-order valence-electron chi connectivity index (χ2n) is 2.55. The first-order valence-electron chi connectivity index (χ1n) is 3.47. The first kappa shape index (κ1) is 12.8. The van der Waals surface area contributed by atoms with Crippen molar-refractivity contribution in [3.05, 3.63) is 0 Å². The maximum absolute atomic E-state index is 10.1. The standard InChI is InChI=1S/C6H10O8/c7-1(3(9)5(11)12)2(8)4(10)6(13)14/h1-4,7-10H,(H,11,12)(H,13,14)/p+1/t1-,2-,3-,4+/m0/s1. The Morgan fingerprint density at radius 3 is 1.14 bits per heavy atom. The Hall–Kier alpha value is -1.22. The van der Waals surface area contributed by atoms with Crippen LogP contribution in [0.25, 0.3) is 0 Å². The van der Waals surface area contributed by atoms with Crippen LogP contribution < -0.4 is 0 Å². The fourth-order valence-electron chi connectivity index (χ4n) is 0.666. The number of carboxylic acid groups (broad SMARTS) is 2. The number of aliphatic hydroxyl groups excluding tert-OH is 4. The molecule has 14 heavy (non-hydrogen) atoms. The molecule has 0 aromatic carbocycles. The molecule has 0 aliphatic carbocycles. The topological polar surface area (TPSA) is 156 Å². The molecule has 0 aliphatic heterocycles. The van der Waals surface area contributed by atoms with Crippen molar-refractivity contribution in [2.75, 3.05) is 0 Å². The number of aliphatic hydroxyl groups is 4. The molecule has 8 nitrogen and oxygen atoms in total. The van der Waals surface area contributed by atoms with Gasteiger partial charge in [0, 0.05) is 0 Å². The summed E-state index contributed by atoms with van der Waals surface area (Å²) in [6.07, 6.45) is -9.28. The highest BCUT2D eigenvalue weighted by atomic mass is 16.4. The summed E-state index contributed by atoms with van der Waals surface area (Å²) in [6, 6.07) is 0. The van der Waals surface area contributed by atoms with Crippen molar-refractivity contribution in [2.24, 2.45) is 0 Å². The van der Waals surface area contributed by atoms with Crippen LogP contribution in [-0.4, -0.2) is 67.0 Å². The lowest BCUT2D eigenvalue weighted by atomic mass is 10.0. The van der Waals surface area contributed by atoms with Crippen LogP contribution >= 0.6 is 0 Å². The number of rotatable bonds is 5.